The van der Waals surface area contributed by atoms with E-state index in [0.717, 1.165) is 32.2 Å². The summed E-state index contributed by atoms with van der Waals surface area (Å²) in [6, 6.07) is 11.4. The Morgan fingerprint density at radius 3 is 2.12 bits per heavy atom. The van der Waals surface area contributed by atoms with Gasteiger partial charge in [-0.2, -0.15) is 0 Å². The van der Waals surface area contributed by atoms with E-state index < -0.39 is 5.60 Å². The van der Waals surface area contributed by atoms with Gasteiger partial charge in [0.15, 0.2) is 0 Å². The third-order valence-corrected chi connectivity index (χ3v) is 4.84. The zero-order chi connectivity index (χ0) is 18.5. The molecular weight excluding hydrogens is 312 g/mol. The van der Waals surface area contributed by atoms with Gasteiger partial charge >= 0.3 is 6.09 Å². The minimum absolute atomic E-state index is 0.118. The number of carbonyl (C=O) groups excluding carboxylic acids is 1. The third-order valence-electron chi connectivity index (χ3n) is 4.84. The normalized spacial score (nSPS) is 21.6. The highest BCUT2D eigenvalue weighted by Gasteiger charge is 2.26. The van der Waals surface area contributed by atoms with Crippen molar-refractivity contribution in [2.75, 3.05) is 6.54 Å². The fourth-order valence-electron chi connectivity index (χ4n) is 3.31. The summed E-state index contributed by atoms with van der Waals surface area (Å²) in [5.74, 6) is 0. The molecule has 0 radical (unpaired) electrons. The minimum atomic E-state index is -0.439. The van der Waals surface area contributed by atoms with E-state index in [2.05, 4.69) is 54.8 Å². The minimum Gasteiger partial charge on any atom is -0.444 e. The van der Waals surface area contributed by atoms with Crippen molar-refractivity contribution in [2.45, 2.75) is 83.4 Å². The Morgan fingerprint density at radius 2 is 1.56 bits per heavy atom. The average Bonchev–Trinajstić information content (AvgIpc) is 2.53. The SMILES string of the molecule is CC(C)(C)OC(=O)NC1CCC(NCC(C)(C)c2ccccc2)CC1. The molecule has 1 aromatic carbocycles. The van der Waals surface area contributed by atoms with Gasteiger partial charge in [-0.25, -0.2) is 4.79 Å². The number of hydrogen-bond acceptors (Lipinski definition) is 3. The van der Waals surface area contributed by atoms with Gasteiger partial charge in [0.1, 0.15) is 5.60 Å². The first kappa shape index (κ1) is 19.8. The van der Waals surface area contributed by atoms with E-state index in [1.54, 1.807) is 0 Å². The van der Waals surface area contributed by atoms with Crippen molar-refractivity contribution in [3.8, 4) is 0 Å². The second-order valence-electron chi connectivity index (χ2n) is 8.83. The molecule has 1 aromatic rings. The van der Waals surface area contributed by atoms with Crippen LogP contribution in [0.4, 0.5) is 4.79 Å². The Hall–Kier alpha value is -1.55. The summed E-state index contributed by atoms with van der Waals surface area (Å²) in [4.78, 5) is 11.9. The molecule has 25 heavy (non-hydrogen) atoms. The van der Waals surface area contributed by atoms with Crippen molar-refractivity contribution >= 4 is 6.09 Å². The summed E-state index contributed by atoms with van der Waals surface area (Å²) in [6.07, 6.45) is 3.89. The number of hydrogen-bond donors (Lipinski definition) is 2. The Labute approximate surface area is 152 Å². The largest absolute Gasteiger partial charge is 0.444 e. The molecule has 0 atom stereocenters. The Kier molecular flexibility index (Phi) is 6.50. The van der Waals surface area contributed by atoms with E-state index in [4.69, 9.17) is 4.74 Å². The molecule has 0 aliphatic heterocycles. The zero-order valence-corrected chi connectivity index (χ0v) is 16.4. The van der Waals surface area contributed by atoms with Crippen molar-refractivity contribution in [2.24, 2.45) is 0 Å². The van der Waals surface area contributed by atoms with Crippen LogP contribution >= 0.6 is 0 Å². The van der Waals surface area contributed by atoms with Crippen molar-refractivity contribution < 1.29 is 9.53 Å². The summed E-state index contributed by atoms with van der Waals surface area (Å²) in [5, 5.41) is 6.73. The van der Waals surface area contributed by atoms with Crippen molar-refractivity contribution in [1.29, 1.82) is 0 Å². The molecule has 0 saturated heterocycles. The lowest BCUT2D eigenvalue weighted by molar-refractivity contribution is 0.0489. The van der Waals surface area contributed by atoms with Crippen LogP contribution in [0.5, 0.6) is 0 Å². The lowest BCUT2D eigenvalue weighted by Crippen LogP contribution is -2.46. The van der Waals surface area contributed by atoms with Crippen molar-refractivity contribution in [3.05, 3.63) is 35.9 Å². The highest BCUT2D eigenvalue weighted by molar-refractivity contribution is 5.68. The Morgan fingerprint density at radius 1 is 1.00 bits per heavy atom. The van der Waals surface area contributed by atoms with Crippen LogP contribution in [-0.2, 0) is 10.2 Å². The van der Waals surface area contributed by atoms with Gasteiger partial charge in [0, 0.05) is 24.0 Å². The number of rotatable bonds is 5. The Balaban J connectivity index is 1.73. The second kappa shape index (κ2) is 8.22. The highest BCUT2D eigenvalue weighted by atomic mass is 16.6. The van der Waals surface area contributed by atoms with Crippen LogP contribution in [0, 0.1) is 0 Å². The predicted molar refractivity (Wildman–Crippen MR) is 103 cm³/mol. The molecule has 4 heteroatoms. The van der Waals surface area contributed by atoms with Gasteiger partial charge in [0.25, 0.3) is 0 Å². The lowest BCUT2D eigenvalue weighted by Gasteiger charge is -2.33. The molecule has 0 unspecified atom stereocenters. The molecule has 0 spiro atoms. The van der Waals surface area contributed by atoms with Crippen LogP contribution in [0.3, 0.4) is 0 Å². The number of ether oxygens (including phenoxy) is 1. The summed E-state index contributed by atoms with van der Waals surface area (Å²) >= 11 is 0. The van der Waals surface area contributed by atoms with E-state index in [1.807, 2.05) is 20.8 Å². The van der Waals surface area contributed by atoms with Crippen molar-refractivity contribution in [1.82, 2.24) is 10.6 Å². The lowest BCUT2D eigenvalue weighted by atomic mass is 9.83. The second-order valence-corrected chi connectivity index (χ2v) is 8.83. The number of carbonyl (C=O) groups is 1. The van der Waals surface area contributed by atoms with Gasteiger partial charge in [0.05, 0.1) is 0 Å². The molecule has 4 nitrogen and oxygen atoms in total. The molecule has 0 heterocycles. The molecule has 140 valence electrons. The third kappa shape index (κ3) is 6.69. The molecule has 0 bridgehead atoms. The van der Waals surface area contributed by atoms with E-state index in [0.29, 0.717) is 6.04 Å². The molecule has 2 N–H and O–H groups in total. The fraction of sp³-hybridized carbons (Fsp3) is 0.667. The van der Waals surface area contributed by atoms with Crippen LogP contribution in [0.2, 0.25) is 0 Å². The molecule has 2 rings (SSSR count). The summed E-state index contributed by atoms with van der Waals surface area (Å²) in [5.41, 5.74) is 1.04. The van der Waals surface area contributed by atoms with E-state index >= 15 is 0 Å². The monoisotopic (exact) mass is 346 g/mol. The van der Waals surface area contributed by atoms with Crippen LogP contribution in [0.25, 0.3) is 0 Å². The van der Waals surface area contributed by atoms with Gasteiger partial charge < -0.3 is 15.4 Å². The van der Waals surface area contributed by atoms with Gasteiger partial charge in [-0.05, 0) is 52.0 Å². The van der Waals surface area contributed by atoms with Gasteiger partial charge in [0.2, 0.25) is 0 Å². The van der Waals surface area contributed by atoms with Crippen LogP contribution in [-0.4, -0.2) is 30.3 Å². The van der Waals surface area contributed by atoms with Crippen LogP contribution in [0.15, 0.2) is 30.3 Å². The number of amides is 1. The smallest absolute Gasteiger partial charge is 0.407 e. The molecule has 1 aliphatic rings. The summed E-state index contributed by atoms with van der Waals surface area (Å²) in [7, 11) is 0. The van der Waals surface area contributed by atoms with Gasteiger partial charge in [-0.1, -0.05) is 44.2 Å². The molecular formula is C21H34N2O2. The predicted octanol–water partition coefficient (Wildman–Crippen LogP) is 4.39. The van der Waals surface area contributed by atoms with Crippen LogP contribution < -0.4 is 10.6 Å². The van der Waals surface area contributed by atoms with Gasteiger partial charge in [-0.15, -0.1) is 0 Å². The maximum atomic E-state index is 11.9. The molecule has 0 aromatic heterocycles. The first-order valence-electron chi connectivity index (χ1n) is 9.44. The maximum Gasteiger partial charge on any atom is 0.407 e. The maximum absolute atomic E-state index is 11.9. The quantitative estimate of drug-likeness (QED) is 0.831. The molecule has 1 amide bonds. The van der Waals surface area contributed by atoms with E-state index in [9.17, 15) is 4.79 Å². The number of nitrogens with one attached hydrogen (secondary N) is 2. The number of alkyl carbamates (subject to hydrolysis) is 1. The van der Waals surface area contributed by atoms with Crippen molar-refractivity contribution in [3.63, 3.8) is 0 Å². The first-order chi connectivity index (χ1) is 11.7. The topological polar surface area (TPSA) is 50.4 Å². The first-order valence-corrected chi connectivity index (χ1v) is 9.44. The molecule has 1 fully saturated rings. The summed E-state index contributed by atoms with van der Waals surface area (Å²) < 4.78 is 5.34. The average molecular weight is 347 g/mol. The Bertz CT molecular complexity index is 541. The summed E-state index contributed by atoms with van der Waals surface area (Å²) in [6.45, 7) is 11.2. The standard InChI is InChI=1S/C21H34N2O2/c1-20(2,3)25-19(24)23-18-13-11-17(12-14-18)22-15-21(4,5)16-9-7-6-8-10-16/h6-10,17-18,22H,11-15H2,1-5H3,(H,23,24). The molecule has 1 saturated carbocycles. The van der Waals surface area contributed by atoms with Crippen LogP contribution in [0.1, 0.15) is 65.9 Å². The fourth-order valence-corrected chi connectivity index (χ4v) is 3.31. The highest BCUT2D eigenvalue weighted by Crippen LogP contribution is 2.24. The zero-order valence-electron chi connectivity index (χ0n) is 16.4. The van der Waals surface area contributed by atoms with E-state index in [1.165, 1.54) is 5.56 Å². The van der Waals surface area contributed by atoms with E-state index in [-0.39, 0.29) is 17.6 Å². The number of benzene rings is 1. The van der Waals surface area contributed by atoms with Gasteiger partial charge in [-0.3, -0.25) is 0 Å². The molecule has 1 aliphatic carbocycles.